The number of hydrogen-bond donors (Lipinski definition) is 1. The molecule has 1 saturated carbocycles. The summed E-state index contributed by atoms with van der Waals surface area (Å²) in [5.74, 6) is 1.49. The van der Waals surface area contributed by atoms with Gasteiger partial charge < -0.3 is 15.0 Å². The van der Waals surface area contributed by atoms with Gasteiger partial charge in [-0.05, 0) is 50.3 Å². The molecule has 0 spiro atoms. The van der Waals surface area contributed by atoms with Gasteiger partial charge in [-0.15, -0.1) is 0 Å². The quantitative estimate of drug-likeness (QED) is 0.929. The number of amides is 2. The zero-order valence-corrected chi connectivity index (χ0v) is 13.5. The molecule has 2 saturated heterocycles. The van der Waals surface area contributed by atoms with Crippen LogP contribution < -0.4 is 10.1 Å². The number of urea groups is 1. The number of rotatable bonds is 4. The van der Waals surface area contributed by atoms with Gasteiger partial charge in [0.2, 0.25) is 0 Å². The van der Waals surface area contributed by atoms with Gasteiger partial charge in [-0.25, -0.2) is 4.79 Å². The minimum Gasteiger partial charge on any atom is -0.491 e. The smallest absolute Gasteiger partial charge is 0.322 e. The average molecular weight is 315 g/mol. The molecule has 1 atom stereocenters. The Hall–Kier alpha value is -1.75. The summed E-state index contributed by atoms with van der Waals surface area (Å²) in [6.45, 7) is 4.61. The molecule has 2 amide bonds. The number of fused-ring (bicyclic) bond motifs is 1. The van der Waals surface area contributed by atoms with Crippen molar-refractivity contribution < 1.29 is 9.53 Å². The largest absolute Gasteiger partial charge is 0.491 e. The standard InChI is InChI=1S/C18H25N3O2/c22-18(21-11-10-20-9-3-4-15(20)12-21)19-16-5-1-2-6-17(16)23-13-14-7-8-14/h1-2,5-6,14-15H,3-4,7-13H2,(H,19,22)/t15-/m0/s1. The average Bonchev–Trinajstić information content (AvgIpc) is 3.28. The fourth-order valence-corrected chi connectivity index (χ4v) is 3.56. The van der Waals surface area contributed by atoms with E-state index in [4.69, 9.17) is 4.74 Å². The van der Waals surface area contributed by atoms with Crippen LogP contribution in [0.1, 0.15) is 25.7 Å². The van der Waals surface area contributed by atoms with Crippen molar-refractivity contribution in [3.05, 3.63) is 24.3 Å². The first-order valence-electron chi connectivity index (χ1n) is 8.81. The van der Waals surface area contributed by atoms with Crippen LogP contribution in [0.25, 0.3) is 0 Å². The van der Waals surface area contributed by atoms with E-state index >= 15 is 0 Å². The van der Waals surface area contributed by atoms with Gasteiger partial charge in [0.1, 0.15) is 5.75 Å². The zero-order valence-electron chi connectivity index (χ0n) is 13.5. The Bertz CT molecular complexity index is 573. The summed E-state index contributed by atoms with van der Waals surface area (Å²) in [7, 11) is 0. The first-order chi connectivity index (χ1) is 11.3. The Kier molecular flexibility index (Phi) is 4.12. The van der Waals surface area contributed by atoms with Gasteiger partial charge in [-0.3, -0.25) is 4.90 Å². The predicted molar refractivity (Wildman–Crippen MR) is 89.8 cm³/mol. The van der Waals surface area contributed by atoms with Gasteiger partial charge >= 0.3 is 6.03 Å². The second-order valence-electron chi connectivity index (χ2n) is 6.96. The number of hydrogen-bond acceptors (Lipinski definition) is 3. The minimum atomic E-state index is -0.000906. The summed E-state index contributed by atoms with van der Waals surface area (Å²) in [6, 6.07) is 8.30. The molecule has 3 aliphatic rings. The molecule has 0 bridgehead atoms. The van der Waals surface area contributed by atoms with Crippen molar-refractivity contribution in [2.75, 3.05) is 38.1 Å². The lowest BCUT2D eigenvalue weighted by Crippen LogP contribution is -2.53. The van der Waals surface area contributed by atoms with Gasteiger partial charge in [-0.2, -0.15) is 0 Å². The van der Waals surface area contributed by atoms with Crippen molar-refractivity contribution in [1.82, 2.24) is 9.80 Å². The third-order valence-corrected chi connectivity index (χ3v) is 5.17. The lowest BCUT2D eigenvalue weighted by Gasteiger charge is -2.37. The van der Waals surface area contributed by atoms with Crippen LogP contribution in [0.15, 0.2) is 24.3 Å². The van der Waals surface area contributed by atoms with Crippen LogP contribution >= 0.6 is 0 Å². The Labute approximate surface area is 137 Å². The molecule has 5 nitrogen and oxygen atoms in total. The van der Waals surface area contributed by atoms with Crippen LogP contribution in [0, 0.1) is 5.92 Å². The molecule has 1 aromatic carbocycles. The highest BCUT2D eigenvalue weighted by Gasteiger charge is 2.32. The molecular formula is C18H25N3O2. The van der Waals surface area contributed by atoms with E-state index in [0.717, 1.165) is 37.7 Å². The van der Waals surface area contributed by atoms with Gasteiger partial charge in [0.15, 0.2) is 0 Å². The van der Waals surface area contributed by atoms with E-state index in [2.05, 4.69) is 10.2 Å². The van der Waals surface area contributed by atoms with E-state index in [1.807, 2.05) is 29.2 Å². The van der Waals surface area contributed by atoms with Crippen molar-refractivity contribution in [1.29, 1.82) is 0 Å². The highest BCUT2D eigenvalue weighted by atomic mass is 16.5. The highest BCUT2D eigenvalue weighted by molar-refractivity contribution is 5.91. The number of ether oxygens (including phenoxy) is 1. The van der Waals surface area contributed by atoms with Gasteiger partial charge in [0, 0.05) is 25.7 Å². The lowest BCUT2D eigenvalue weighted by atomic mass is 10.1. The van der Waals surface area contributed by atoms with Gasteiger partial charge in [0.25, 0.3) is 0 Å². The van der Waals surface area contributed by atoms with Crippen LogP contribution in [0.4, 0.5) is 10.5 Å². The Morgan fingerprint density at radius 3 is 2.91 bits per heavy atom. The molecule has 0 aromatic heterocycles. The van der Waals surface area contributed by atoms with Gasteiger partial charge in [0.05, 0.1) is 12.3 Å². The van der Waals surface area contributed by atoms with Crippen LogP contribution in [-0.2, 0) is 0 Å². The van der Waals surface area contributed by atoms with Crippen molar-refractivity contribution >= 4 is 11.7 Å². The topological polar surface area (TPSA) is 44.8 Å². The van der Waals surface area contributed by atoms with Crippen LogP contribution in [0.2, 0.25) is 0 Å². The molecule has 1 N–H and O–H groups in total. The monoisotopic (exact) mass is 315 g/mol. The summed E-state index contributed by atoms with van der Waals surface area (Å²) < 4.78 is 5.88. The fraction of sp³-hybridized carbons (Fsp3) is 0.611. The van der Waals surface area contributed by atoms with Crippen molar-refractivity contribution in [3.8, 4) is 5.75 Å². The molecule has 3 fully saturated rings. The number of nitrogens with zero attached hydrogens (tertiary/aromatic N) is 2. The first-order valence-corrected chi connectivity index (χ1v) is 8.81. The third-order valence-electron chi connectivity index (χ3n) is 5.17. The van der Waals surface area contributed by atoms with E-state index in [1.54, 1.807) is 0 Å². The molecule has 1 aromatic rings. The summed E-state index contributed by atoms with van der Waals surface area (Å²) in [6.07, 6.45) is 5.00. The van der Waals surface area contributed by atoms with Crippen molar-refractivity contribution in [2.45, 2.75) is 31.7 Å². The Balaban J connectivity index is 1.38. The van der Waals surface area contributed by atoms with E-state index in [-0.39, 0.29) is 6.03 Å². The third kappa shape index (κ3) is 3.44. The number of para-hydroxylation sites is 2. The Morgan fingerprint density at radius 2 is 2.04 bits per heavy atom. The number of benzene rings is 1. The second-order valence-corrected chi connectivity index (χ2v) is 6.96. The lowest BCUT2D eigenvalue weighted by molar-refractivity contribution is 0.124. The maximum Gasteiger partial charge on any atom is 0.322 e. The normalized spacial score (nSPS) is 24.3. The van der Waals surface area contributed by atoms with Crippen LogP contribution in [0.3, 0.4) is 0 Å². The van der Waals surface area contributed by atoms with E-state index in [0.29, 0.717) is 12.0 Å². The molecule has 5 heteroatoms. The molecule has 23 heavy (non-hydrogen) atoms. The first kappa shape index (κ1) is 14.8. The minimum absolute atomic E-state index is 0.000906. The number of carbonyl (C=O) groups excluding carboxylic acids is 1. The summed E-state index contributed by atoms with van der Waals surface area (Å²) in [5, 5.41) is 3.05. The number of anilines is 1. The Morgan fingerprint density at radius 1 is 1.17 bits per heavy atom. The van der Waals surface area contributed by atoms with Crippen molar-refractivity contribution in [2.24, 2.45) is 5.92 Å². The maximum absolute atomic E-state index is 12.6. The molecule has 4 rings (SSSR count). The summed E-state index contributed by atoms with van der Waals surface area (Å²) in [4.78, 5) is 17.1. The second kappa shape index (κ2) is 6.40. The molecule has 0 unspecified atom stereocenters. The zero-order chi connectivity index (χ0) is 15.6. The van der Waals surface area contributed by atoms with Crippen LogP contribution in [0.5, 0.6) is 5.75 Å². The molecule has 0 radical (unpaired) electrons. The molecule has 2 heterocycles. The number of piperazine rings is 1. The predicted octanol–water partition coefficient (Wildman–Crippen LogP) is 2.79. The molecule has 1 aliphatic carbocycles. The van der Waals surface area contributed by atoms with Crippen molar-refractivity contribution in [3.63, 3.8) is 0 Å². The summed E-state index contributed by atoms with van der Waals surface area (Å²) >= 11 is 0. The molecule has 124 valence electrons. The molecular weight excluding hydrogens is 290 g/mol. The SMILES string of the molecule is O=C(Nc1ccccc1OCC1CC1)N1CCN2CCC[C@H]2C1. The number of nitrogens with one attached hydrogen (secondary N) is 1. The van der Waals surface area contributed by atoms with Crippen LogP contribution in [-0.4, -0.2) is 54.7 Å². The maximum atomic E-state index is 12.6. The van der Waals surface area contributed by atoms with E-state index in [9.17, 15) is 4.79 Å². The number of carbonyl (C=O) groups is 1. The van der Waals surface area contributed by atoms with E-state index in [1.165, 1.54) is 32.2 Å². The summed E-state index contributed by atoms with van der Waals surface area (Å²) in [5.41, 5.74) is 0.784. The molecule has 2 aliphatic heterocycles. The fourth-order valence-electron chi connectivity index (χ4n) is 3.56. The highest BCUT2D eigenvalue weighted by Crippen LogP contribution is 2.32. The van der Waals surface area contributed by atoms with E-state index < -0.39 is 0 Å². The van der Waals surface area contributed by atoms with Gasteiger partial charge in [-0.1, -0.05) is 12.1 Å².